The van der Waals surface area contributed by atoms with Gasteiger partial charge in [0.15, 0.2) is 5.82 Å². The molecule has 0 saturated heterocycles. The third kappa shape index (κ3) is 3.83. The lowest BCUT2D eigenvalue weighted by molar-refractivity contribution is 0.102. The summed E-state index contributed by atoms with van der Waals surface area (Å²) >= 11 is 0. The molecule has 26 heavy (non-hydrogen) atoms. The number of hydrogen-bond acceptors (Lipinski definition) is 4. The summed E-state index contributed by atoms with van der Waals surface area (Å²) in [6.07, 6.45) is 1.73. The quantitative estimate of drug-likeness (QED) is 0.736. The molecule has 1 N–H and O–H groups in total. The number of benzene rings is 2. The van der Waals surface area contributed by atoms with Crippen molar-refractivity contribution in [2.45, 2.75) is 6.54 Å². The van der Waals surface area contributed by atoms with Gasteiger partial charge in [-0.3, -0.25) is 9.48 Å². The Hall–Kier alpha value is -3.35. The molecule has 0 radical (unpaired) electrons. The van der Waals surface area contributed by atoms with Crippen LogP contribution in [0.1, 0.15) is 15.9 Å². The van der Waals surface area contributed by atoms with E-state index in [1.807, 2.05) is 0 Å². The van der Waals surface area contributed by atoms with Crippen molar-refractivity contribution in [3.63, 3.8) is 0 Å². The fraction of sp³-hybridized carbons (Fsp3) is 0.158. The first-order chi connectivity index (χ1) is 12.6. The molecular formula is C19H18FN3O3. The summed E-state index contributed by atoms with van der Waals surface area (Å²) in [5.74, 6) is 0.546. The van der Waals surface area contributed by atoms with Crippen molar-refractivity contribution >= 4 is 11.7 Å². The van der Waals surface area contributed by atoms with Crippen LogP contribution >= 0.6 is 0 Å². The van der Waals surface area contributed by atoms with Crippen molar-refractivity contribution in [2.75, 3.05) is 19.5 Å². The summed E-state index contributed by atoms with van der Waals surface area (Å²) in [5.41, 5.74) is 1.20. The van der Waals surface area contributed by atoms with E-state index in [1.54, 1.807) is 47.3 Å². The van der Waals surface area contributed by atoms with Gasteiger partial charge in [0.2, 0.25) is 0 Å². The van der Waals surface area contributed by atoms with E-state index >= 15 is 0 Å². The predicted octanol–water partition coefficient (Wildman–Crippen LogP) is 3.34. The van der Waals surface area contributed by atoms with Gasteiger partial charge in [-0.1, -0.05) is 18.2 Å². The number of methoxy groups -OCH3 is 2. The number of amides is 1. The SMILES string of the molecule is COc1cccc(OC)c1C(=O)Nc1ccn(Cc2ccc(F)cc2)n1. The molecule has 0 atom stereocenters. The van der Waals surface area contributed by atoms with E-state index in [0.29, 0.717) is 29.4 Å². The summed E-state index contributed by atoms with van der Waals surface area (Å²) in [5, 5.41) is 7.05. The smallest absolute Gasteiger partial charge is 0.264 e. The van der Waals surface area contributed by atoms with E-state index in [4.69, 9.17) is 9.47 Å². The molecule has 0 saturated carbocycles. The van der Waals surface area contributed by atoms with Gasteiger partial charge in [0.1, 0.15) is 22.9 Å². The minimum absolute atomic E-state index is 0.284. The van der Waals surface area contributed by atoms with E-state index in [0.717, 1.165) is 5.56 Å². The molecule has 7 heteroatoms. The van der Waals surface area contributed by atoms with Crippen molar-refractivity contribution in [1.29, 1.82) is 0 Å². The van der Waals surface area contributed by atoms with Crippen LogP contribution in [0, 0.1) is 5.82 Å². The van der Waals surface area contributed by atoms with Gasteiger partial charge in [0.25, 0.3) is 5.91 Å². The number of nitrogens with zero attached hydrogens (tertiary/aromatic N) is 2. The minimum Gasteiger partial charge on any atom is -0.496 e. The Kier molecular flexibility index (Phi) is 5.17. The number of aromatic nitrogens is 2. The highest BCUT2D eigenvalue weighted by atomic mass is 19.1. The van der Waals surface area contributed by atoms with Crippen LogP contribution in [-0.4, -0.2) is 29.9 Å². The van der Waals surface area contributed by atoms with Crippen LogP contribution in [-0.2, 0) is 6.54 Å². The normalized spacial score (nSPS) is 10.4. The van der Waals surface area contributed by atoms with Gasteiger partial charge in [-0.2, -0.15) is 5.10 Å². The maximum atomic E-state index is 13.0. The Morgan fingerprint density at radius 2 is 1.73 bits per heavy atom. The maximum Gasteiger partial charge on any atom is 0.264 e. The molecular weight excluding hydrogens is 337 g/mol. The summed E-state index contributed by atoms with van der Waals surface area (Å²) in [7, 11) is 2.98. The van der Waals surface area contributed by atoms with Crippen molar-refractivity contribution in [2.24, 2.45) is 0 Å². The van der Waals surface area contributed by atoms with E-state index < -0.39 is 0 Å². The number of carbonyl (C=O) groups excluding carboxylic acids is 1. The molecule has 0 unspecified atom stereocenters. The van der Waals surface area contributed by atoms with Crippen LogP contribution in [0.25, 0.3) is 0 Å². The highest BCUT2D eigenvalue weighted by Crippen LogP contribution is 2.28. The molecule has 0 aliphatic rings. The number of ether oxygens (including phenoxy) is 2. The van der Waals surface area contributed by atoms with Crippen LogP contribution in [0.3, 0.4) is 0 Å². The van der Waals surface area contributed by atoms with Gasteiger partial charge >= 0.3 is 0 Å². The van der Waals surface area contributed by atoms with Crippen LogP contribution in [0.15, 0.2) is 54.7 Å². The zero-order valence-electron chi connectivity index (χ0n) is 14.4. The molecule has 0 spiro atoms. The van der Waals surface area contributed by atoms with Crippen LogP contribution in [0.2, 0.25) is 0 Å². The van der Waals surface area contributed by atoms with Gasteiger partial charge in [-0.05, 0) is 29.8 Å². The van der Waals surface area contributed by atoms with Gasteiger partial charge in [0.05, 0.1) is 20.8 Å². The summed E-state index contributed by atoms with van der Waals surface area (Å²) < 4.78 is 25.1. The van der Waals surface area contributed by atoms with Crippen LogP contribution < -0.4 is 14.8 Å². The van der Waals surface area contributed by atoms with E-state index in [1.165, 1.54) is 26.4 Å². The molecule has 3 rings (SSSR count). The van der Waals surface area contributed by atoms with Crippen molar-refractivity contribution in [3.05, 3.63) is 71.7 Å². The highest BCUT2D eigenvalue weighted by molar-refractivity contribution is 6.07. The summed E-state index contributed by atoms with van der Waals surface area (Å²) in [4.78, 5) is 12.6. The first-order valence-corrected chi connectivity index (χ1v) is 7.91. The zero-order chi connectivity index (χ0) is 18.5. The molecule has 1 aromatic heterocycles. The minimum atomic E-state index is -0.383. The van der Waals surface area contributed by atoms with Gasteiger partial charge < -0.3 is 14.8 Å². The number of rotatable bonds is 6. The largest absolute Gasteiger partial charge is 0.496 e. The van der Waals surface area contributed by atoms with E-state index in [-0.39, 0.29) is 11.7 Å². The Bertz CT molecular complexity index is 884. The lowest BCUT2D eigenvalue weighted by Crippen LogP contribution is -2.15. The second-order valence-corrected chi connectivity index (χ2v) is 5.52. The number of carbonyl (C=O) groups is 1. The molecule has 6 nitrogen and oxygen atoms in total. The molecule has 2 aromatic carbocycles. The first-order valence-electron chi connectivity index (χ1n) is 7.91. The van der Waals surface area contributed by atoms with Gasteiger partial charge in [0, 0.05) is 12.3 Å². The molecule has 0 fully saturated rings. The maximum absolute atomic E-state index is 13.0. The molecule has 0 bridgehead atoms. The third-order valence-corrected chi connectivity index (χ3v) is 3.79. The first kappa shape index (κ1) is 17.5. The number of hydrogen-bond donors (Lipinski definition) is 1. The molecule has 0 aliphatic heterocycles. The zero-order valence-corrected chi connectivity index (χ0v) is 14.4. The number of anilines is 1. The lowest BCUT2D eigenvalue weighted by atomic mass is 10.1. The number of nitrogens with one attached hydrogen (secondary N) is 1. The third-order valence-electron chi connectivity index (χ3n) is 3.79. The Labute approximate surface area is 150 Å². The summed E-state index contributed by atoms with van der Waals surface area (Å²) in [6.45, 7) is 0.466. The summed E-state index contributed by atoms with van der Waals surface area (Å²) in [6, 6.07) is 13.0. The number of halogens is 1. The van der Waals surface area contributed by atoms with Gasteiger partial charge in [-0.25, -0.2) is 4.39 Å². The molecule has 1 amide bonds. The highest BCUT2D eigenvalue weighted by Gasteiger charge is 2.19. The van der Waals surface area contributed by atoms with Crippen LogP contribution in [0.5, 0.6) is 11.5 Å². The van der Waals surface area contributed by atoms with E-state index in [9.17, 15) is 9.18 Å². The monoisotopic (exact) mass is 355 g/mol. The van der Waals surface area contributed by atoms with Crippen molar-refractivity contribution < 1.29 is 18.7 Å². The van der Waals surface area contributed by atoms with Gasteiger partial charge in [-0.15, -0.1) is 0 Å². The topological polar surface area (TPSA) is 65.4 Å². The van der Waals surface area contributed by atoms with Crippen molar-refractivity contribution in [1.82, 2.24) is 9.78 Å². The standard InChI is InChI=1S/C19H18FN3O3/c1-25-15-4-3-5-16(26-2)18(15)19(24)21-17-10-11-23(22-17)12-13-6-8-14(20)9-7-13/h3-11H,12H2,1-2H3,(H,21,22,24). The Balaban J connectivity index is 1.75. The Morgan fingerprint density at radius 1 is 1.08 bits per heavy atom. The average molecular weight is 355 g/mol. The lowest BCUT2D eigenvalue weighted by Gasteiger charge is -2.12. The fourth-order valence-corrected chi connectivity index (χ4v) is 2.55. The molecule has 0 aliphatic carbocycles. The van der Waals surface area contributed by atoms with E-state index in [2.05, 4.69) is 10.4 Å². The Morgan fingerprint density at radius 3 is 2.35 bits per heavy atom. The van der Waals surface area contributed by atoms with Crippen molar-refractivity contribution in [3.8, 4) is 11.5 Å². The average Bonchev–Trinajstić information content (AvgIpc) is 3.09. The molecule has 3 aromatic rings. The second kappa shape index (κ2) is 7.69. The molecule has 1 heterocycles. The second-order valence-electron chi connectivity index (χ2n) is 5.52. The fourth-order valence-electron chi connectivity index (χ4n) is 2.55. The molecule has 134 valence electrons. The predicted molar refractivity (Wildman–Crippen MR) is 95.2 cm³/mol. The van der Waals surface area contributed by atoms with Crippen LogP contribution in [0.4, 0.5) is 10.2 Å².